The van der Waals surface area contributed by atoms with Gasteiger partial charge in [-0.3, -0.25) is 9.97 Å². The second-order valence-electron chi connectivity index (χ2n) is 4.05. The van der Waals surface area contributed by atoms with Crippen LogP contribution in [0.1, 0.15) is 17.1 Å². The molecule has 0 spiro atoms. The number of nitrogens with zero attached hydrogens (tertiary/aromatic N) is 2. The number of ether oxygens (including phenoxy) is 2. The summed E-state index contributed by atoms with van der Waals surface area (Å²) in [6, 6.07) is 7.41. The largest absolute Gasteiger partial charge is 0.497 e. The number of halogens is 1. The van der Waals surface area contributed by atoms with Crippen molar-refractivity contribution in [3.05, 3.63) is 47.5 Å². The van der Waals surface area contributed by atoms with Gasteiger partial charge < -0.3 is 9.47 Å². The Balaban J connectivity index is 2.03. The molecular weight excluding hydrogens is 264 g/mol. The van der Waals surface area contributed by atoms with Crippen molar-refractivity contribution in [1.82, 2.24) is 9.97 Å². The van der Waals surface area contributed by atoms with Crippen molar-refractivity contribution < 1.29 is 9.47 Å². The first kappa shape index (κ1) is 13.6. The van der Waals surface area contributed by atoms with E-state index in [1.165, 1.54) is 0 Å². The van der Waals surface area contributed by atoms with E-state index < -0.39 is 0 Å². The third-order valence-corrected chi connectivity index (χ3v) is 2.81. The summed E-state index contributed by atoms with van der Waals surface area (Å²) in [6.07, 6.45) is 1.66. The van der Waals surface area contributed by atoms with Crippen LogP contribution < -0.4 is 9.47 Å². The molecule has 2 aromatic heterocycles. The summed E-state index contributed by atoms with van der Waals surface area (Å²) in [7, 11) is 1.63. The highest BCUT2D eigenvalue weighted by molar-refractivity contribution is 6.16. The molecule has 0 saturated heterocycles. The highest BCUT2D eigenvalue weighted by Crippen LogP contribution is 2.16. The molecule has 0 bridgehead atoms. The van der Waals surface area contributed by atoms with Crippen molar-refractivity contribution in [2.75, 3.05) is 7.11 Å². The fourth-order valence-electron chi connectivity index (χ4n) is 1.63. The van der Waals surface area contributed by atoms with E-state index in [0.717, 1.165) is 22.8 Å². The first-order valence-corrected chi connectivity index (χ1v) is 6.40. The van der Waals surface area contributed by atoms with Crippen molar-refractivity contribution in [3.8, 4) is 11.5 Å². The first-order valence-electron chi connectivity index (χ1n) is 5.86. The fraction of sp³-hybridized carbons (Fsp3) is 0.286. The molecule has 0 aliphatic rings. The van der Waals surface area contributed by atoms with Crippen LogP contribution in [0.2, 0.25) is 0 Å². The minimum atomic E-state index is 0.375. The summed E-state index contributed by atoms with van der Waals surface area (Å²) < 4.78 is 10.8. The van der Waals surface area contributed by atoms with Crippen LogP contribution in [-0.2, 0) is 12.5 Å². The van der Waals surface area contributed by atoms with Gasteiger partial charge in [-0.1, -0.05) is 0 Å². The van der Waals surface area contributed by atoms with Crippen LogP contribution in [0.3, 0.4) is 0 Å². The molecule has 0 radical (unpaired) electrons. The van der Waals surface area contributed by atoms with Gasteiger partial charge in [0.25, 0.3) is 0 Å². The number of aromatic nitrogens is 2. The van der Waals surface area contributed by atoms with Gasteiger partial charge in [-0.25, -0.2) is 0 Å². The number of hydrogen-bond acceptors (Lipinski definition) is 4. The second kappa shape index (κ2) is 6.38. The molecule has 0 unspecified atom stereocenters. The molecule has 0 aliphatic carbocycles. The highest BCUT2D eigenvalue weighted by atomic mass is 35.5. The van der Waals surface area contributed by atoms with Crippen molar-refractivity contribution in [2.24, 2.45) is 0 Å². The van der Waals surface area contributed by atoms with E-state index in [1.807, 2.05) is 31.2 Å². The Labute approximate surface area is 117 Å². The molecule has 2 rings (SSSR count). The maximum Gasteiger partial charge on any atom is 0.138 e. The molecule has 100 valence electrons. The Morgan fingerprint density at radius 3 is 2.63 bits per heavy atom. The molecule has 0 atom stereocenters. The molecule has 0 saturated carbocycles. The zero-order chi connectivity index (χ0) is 13.7. The number of pyridine rings is 2. The van der Waals surface area contributed by atoms with E-state index in [4.69, 9.17) is 21.1 Å². The predicted molar refractivity (Wildman–Crippen MR) is 73.7 cm³/mol. The van der Waals surface area contributed by atoms with Crippen LogP contribution in [0, 0.1) is 6.92 Å². The summed E-state index contributed by atoms with van der Waals surface area (Å²) in [5.74, 6) is 1.87. The van der Waals surface area contributed by atoms with Crippen LogP contribution in [0.25, 0.3) is 0 Å². The number of alkyl halides is 1. The van der Waals surface area contributed by atoms with Crippen LogP contribution in [0.5, 0.6) is 11.5 Å². The third kappa shape index (κ3) is 3.83. The Kier molecular flexibility index (Phi) is 4.58. The van der Waals surface area contributed by atoms with Gasteiger partial charge in [0, 0.05) is 17.8 Å². The van der Waals surface area contributed by atoms with Gasteiger partial charge in [-0.15, -0.1) is 11.6 Å². The molecule has 2 aromatic rings. The van der Waals surface area contributed by atoms with Gasteiger partial charge >= 0.3 is 0 Å². The van der Waals surface area contributed by atoms with Gasteiger partial charge in [0.2, 0.25) is 0 Å². The second-order valence-corrected chi connectivity index (χ2v) is 4.31. The lowest BCUT2D eigenvalue weighted by Gasteiger charge is -2.08. The molecule has 0 amide bonds. The van der Waals surface area contributed by atoms with E-state index in [0.29, 0.717) is 18.2 Å². The minimum absolute atomic E-state index is 0.375. The van der Waals surface area contributed by atoms with E-state index in [9.17, 15) is 0 Å². The van der Waals surface area contributed by atoms with Crippen LogP contribution >= 0.6 is 11.6 Å². The summed E-state index contributed by atoms with van der Waals surface area (Å²) in [5.41, 5.74) is 2.54. The average Bonchev–Trinajstić information content (AvgIpc) is 2.45. The zero-order valence-corrected chi connectivity index (χ0v) is 11.6. The summed E-state index contributed by atoms with van der Waals surface area (Å²) >= 11 is 5.68. The Morgan fingerprint density at radius 2 is 2.00 bits per heavy atom. The van der Waals surface area contributed by atoms with Gasteiger partial charge in [0.1, 0.15) is 18.1 Å². The minimum Gasteiger partial charge on any atom is -0.497 e. The molecule has 19 heavy (non-hydrogen) atoms. The average molecular weight is 279 g/mol. The van der Waals surface area contributed by atoms with Gasteiger partial charge in [0.15, 0.2) is 0 Å². The molecule has 2 heterocycles. The predicted octanol–water partition coefficient (Wildman–Crippen LogP) is 3.11. The van der Waals surface area contributed by atoms with E-state index in [1.54, 1.807) is 13.3 Å². The number of rotatable bonds is 5. The topological polar surface area (TPSA) is 44.2 Å². The van der Waals surface area contributed by atoms with E-state index >= 15 is 0 Å². The van der Waals surface area contributed by atoms with Crippen molar-refractivity contribution in [3.63, 3.8) is 0 Å². The maximum atomic E-state index is 5.68. The SMILES string of the molecule is COc1cc(C)nc(COc2ccc(CCl)nc2)c1. The van der Waals surface area contributed by atoms with Gasteiger partial charge in [0.05, 0.1) is 30.6 Å². The lowest BCUT2D eigenvalue weighted by Crippen LogP contribution is -2.01. The molecule has 0 N–H and O–H groups in total. The molecule has 0 aromatic carbocycles. The fourth-order valence-corrected chi connectivity index (χ4v) is 1.79. The summed E-state index contributed by atoms with van der Waals surface area (Å²) in [4.78, 5) is 8.54. The molecule has 0 aliphatic heterocycles. The molecule has 5 heteroatoms. The normalized spacial score (nSPS) is 10.3. The third-order valence-electron chi connectivity index (χ3n) is 2.54. The standard InChI is InChI=1S/C14H15ClN2O2/c1-10-5-14(18-2)6-12(17-10)9-19-13-4-3-11(7-15)16-8-13/h3-6,8H,7,9H2,1-2H3. The highest BCUT2D eigenvalue weighted by Gasteiger charge is 2.02. The van der Waals surface area contributed by atoms with Crippen LogP contribution in [-0.4, -0.2) is 17.1 Å². The smallest absolute Gasteiger partial charge is 0.138 e. The van der Waals surface area contributed by atoms with Crippen molar-refractivity contribution in [1.29, 1.82) is 0 Å². The molecular formula is C14H15ClN2O2. The maximum absolute atomic E-state index is 5.68. The quantitative estimate of drug-likeness (QED) is 0.788. The lowest BCUT2D eigenvalue weighted by atomic mass is 10.3. The summed E-state index contributed by atoms with van der Waals surface area (Å²) in [6.45, 7) is 2.29. The molecule has 0 fully saturated rings. The Bertz CT molecular complexity index is 544. The number of hydrogen-bond donors (Lipinski definition) is 0. The van der Waals surface area contributed by atoms with Gasteiger partial charge in [-0.05, 0) is 19.1 Å². The van der Waals surface area contributed by atoms with E-state index in [-0.39, 0.29) is 0 Å². The number of methoxy groups -OCH3 is 1. The monoisotopic (exact) mass is 278 g/mol. The Hall–Kier alpha value is -1.81. The molecule has 4 nitrogen and oxygen atoms in total. The van der Waals surface area contributed by atoms with Crippen LogP contribution in [0.15, 0.2) is 30.5 Å². The number of aryl methyl sites for hydroxylation is 1. The van der Waals surface area contributed by atoms with Crippen LogP contribution in [0.4, 0.5) is 0 Å². The van der Waals surface area contributed by atoms with Gasteiger partial charge in [-0.2, -0.15) is 0 Å². The van der Waals surface area contributed by atoms with E-state index in [2.05, 4.69) is 9.97 Å². The summed E-state index contributed by atoms with van der Waals surface area (Å²) in [5, 5.41) is 0. The van der Waals surface area contributed by atoms with Crippen molar-refractivity contribution in [2.45, 2.75) is 19.4 Å². The van der Waals surface area contributed by atoms with Crippen molar-refractivity contribution >= 4 is 11.6 Å². The Morgan fingerprint density at radius 1 is 1.16 bits per heavy atom. The zero-order valence-electron chi connectivity index (χ0n) is 10.9. The first-order chi connectivity index (χ1) is 9.21. The lowest BCUT2D eigenvalue weighted by molar-refractivity contribution is 0.298.